The van der Waals surface area contributed by atoms with Gasteiger partial charge in [-0.05, 0) is 18.9 Å². The van der Waals surface area contributed by atoms with Crippen LogP contribution in [0.1, 0.15) is 19.8 Å². The van der Waals surface area contributed by atoms with Crippen molar-refractivity contribution in [1.82, 2.24) is 19.3 Å². The molecule has 5 nitrogen and oxygen atoms in total. The SMILES string of the molecule is CCCNc1nccn1CCCn1cccn1. The molecule has 0 atom stereocenters. The van der Waals surface area contributed by atoms with Gasteiger partial charge in [0.05, 0.1) is 0 Å². The van der Waals surface area contributed by atoms with Gasteiger partial charge >= 0.3 is 0 Å². The average Bonchev–Trinajstić information content (AvgIpc) is 2.98. The van der Waals surface area contributed by atoms with Gasteiger partial charge in [-0.25, -0.2) is 4.98 Å². The minimum atomic E-state index is 0.943. The highest BCUT2D eigenvalue weighted by molar-refractivity contribution is 5.25. The van der Waals surface area contributed by atoms with Crippen LogP contribution in [0.15, 0.2) is 30.9 Å². The molecule has 0 amide bonds. The van der Waals surface area contributed by atoms with E-state index in [1.165, 1.54) is 0 Å². The van der Waals surface area contributed by atoms with Gasteiger partial charge < -0.3 is 9.88 Å². The summed E-state index contributed by atoms with van der Waals surface area (Å²) in [6, 6.07) is 1.95. The van der Waals surface area contributed by atoms with Crippen LogP contribution in [0.3, 0.4) is 0 Å². The number of hydrogen-bond acceptors (Lipinski definition) is 3. The third kappa shape index (κ3) is 3.34. The molecular weight excluding hydrogens is 214 g/mol. The number of hydrogen-bond donors (Lipinski definition) is 1. The largest absolute Gasteiger partial charge is 0.356 e. The number of nitrogens with zero attached hydrogens (tertiary/aromatic N) is 4. The van der Waals surface area contributed by atoms with E-state index in [1.54, 1.807) is 0 Å². The quantitative estimate of drug-likeness (QED) is 0.795. The molecule has 0 saturated carbocycles. The van der Waals surface area contributed by atoms with Gasteiger partial charge in [-0.3, -0.25) is 4.68 Å². The molecule has 0 spiro atoms. The zero-order chi connectivity index (χ0) is 11.9. The standard InChI is InChI=1S/C12H19N5/c1-2-5-13-12-14-7-11-16(12)8-4-10-17-9-3-6-15-17/h3,6-7,9,11H,2,4-5,8,10H2,1H3,(H,13,14). The van der Waals surface area contributed by atoms with E-state index in [2.05, 4.69) is 26.9 Å². The molecule has 0 saturated heterocycles. The Balaban J connectivity index is 1.80. The van der Waals surface area contributed by atoms with Gasteiger partial charge in [0, 0.05) is 44.4 Å². The first-order chi connectivity index (χ1) is 8.40. The summed E-state index contributed by atoms with van der Waals surface area (Å²) in [6.45, 7) is 5.03. The lowest BCUT2D eigenvalue weighted by Gasteiger charge is -2.09. The van der Waals surface area contributed by atoms with E-state index in [-0.39, 0.29) is 0 Å². The smallest absolute Gasteiger partial charge is 0.202 e. The first-order valence-corrected chi connectivity index (χ1v) is 6.12. The van der Waals surface area contributed by atoms with Crippen LogP contribution in [0, 0.1) is 0 Å². The van der Waals surface area contributed by atoms with Gasteiger partial charge in [0.2, 0.25) is 5.95 Å². The van der Waals surface area contributed by atoms with Gasteiger partial charge in [-0.2, -0.15) is 5.10 Å². The zero-order valence-electron chi connectivity index (χ0n) is 10.2. The minimum absolute atomic E-state index is 0.943. The zero-order valence-corrected chi connectivity index (χ0v) is 10.2. The highest BCUT2D eigenvalue weighted by atomic mass is 15.3. The molecule has 0 aromatic carbocycles. The van der Waals surface area contributed by atoms with E-state index in [0.717, 1.165) is 38.4 Å². The number of rotatable bonds is 7. The Bertz CT molecular complexity index is 418. The molecule has 0 bridgehead atoms. The summed E-state index contributed by atoms with van der Waals surface area (Å²) in [4.78, 5) is 4.30. The summed E-state index contributed by atoms with van der Waals surface area (Å²) >= 11 is 0. The fourth-order valence-electron chi connectivity index (χ4n) is 1.73. The Labute approximate surface area is 101 Å². The average molecular weight is 233 g/mol. The number of imidazole rings is 1. The Morgan fingerprint density at radius 2 is 2.18 bits per heavy atom. The highest BCUT2D eigenvalue weighted by Gasteiger charge is 2.01. The van der Waals surface area contributed by atoms with Crippen molar-refractivity contribution in [2.75, 3.05) is 11.9 Å². The first-order valence-electron chi connectivity index (χ1n) is 6.12. The van der Waals surface area contributed by atoms with Crippen LogP contribution >= 0.6 is 0 Å². The molecule has 2 rings (SSSR count). The molecule has 17 heavy (non-hydrogen) atoms. The predicted octanol–water partition coefficient (Wildman–Crippen LogP) is 1.99. The van der Waals surface area contributed by atoms with Crippen molar-refractivity contribution < 1.29 is 0 Å². The molecular formula is C12H19N5. The Hall–Kier alpha value is -1.78. The molecule has 2 aromatic rings. The maximum absolute atomic E-state index is 4.30. The Morgan fingerprint density at radius 3 is 2.94 bits per heavy atom. The van der Waals surface area contributed by atoms with Crippen LogP contribution in [-0.2, 0) is 13.1 Å². The van der Waals surface area contributed by atoms with E-state index in [0.29, 0.717) is 0 Å². The maximum Gasteiger partial charge on any atom is 0.202 e. The van der Waals surface area contributed by atoms with Gasteiger partial charge in [0.1, 0.15) is 0 Å². The van der Waals surface area contributed by atoms with E-state index >= 15 is 0 Å². The topological polar surface area (TPSA) is 47.7 Å². The lowest BCUT2D eigenvalue weighted by molar-refractivity contribution is 0.528. The molecule has 0 aliphatic rings. The Kier molecular flexibility index (Phi) is 4.18. The molecule has 0 unspecified atom stereocenters. The van der Waals surface area contributed by atoms with Crippen molar-refractivity contribution in [2.45, 2.75) is 32.9 Å². The van der Waals surface area contributed by atoms with Gasteiger partial charge in [-0.15, -0.1) is 0 Å². The van der Waals surface area contributed by atoms with Crippen LogP contribution in [0.2, 0.25) is 0 Å². The third-order valence-electron chi connectivity index (χ3n) is 2.59. The molecule has 0 radical (unpaired) electrons. The fourth-order valence-corrected chi connectivity index (χ4v) is 1.73. The molecule has 92 valence electrons. The summed E-state index contributed by atoms with van der Waals surface area (Å²) in [7, 11) is 0. The van der Waals surface area contributed by atoms with Crippen molar-refractivity contribution in [2.24, 2.45) is 0 Å². The normalized spacial score (nSPS) is 10.6. The van der Waals surface area contributed by atoms with Gasteiger partial charge in [0.15, 0.2) is 0 Å². The molecule has 0 aliphatic heterocycles. The molecule has 1 N–H and O–H groups in total. The van der Waals surface area contributed by atoms with Gasteiger partial charge in [-0.1, -0.05) is 6.92 Å². The first kappa shape index (κ1) is 11.7. The minimum Gasteiger partial charge on any atom is -0.356 e. The van der Waals surface area contributed by atoms with Crippen LogP contribution < -0.4 is 5.32 Å². The lowest BCUT2D eigenvalue weighted by atomic mass is 10.4. The maximum atomic E-state index is 4.30. The van der Waals surface area contributed by atoms with Crippen molar-refractivity contribution in [3.05, 3.63) is 30.9 Å². The van der Waals surface area contributed by atoms with Crippen LogP contribution in [0.5, 0.6) is 0 Å². The van der Waals surface area contributed by atoms with E-state index < -0.39 is 0 Å². The van der Waals surface area contributed by atoms with Crippen LogP contribution in [0.4, 0.5) is 5.95 Å². The molecule has 5 heteroatoms. The molecule has 2 heterocycles. The summed E-state index contributed by atoms with van der Waals surface area (Å²) in [6.07, 6.45) is 9.82. The van der Waals surface area contributed by atoms with E-state index in [9.17, 15) is 0 Å². The number of aryl methyl sites for hydroxylation is 2. The predicted molar refractivity (Wildman–Crippen MR) is 67.9 cm³/mol. The number of aromatic nitrogens is 4. The second-order valence-corrected chi connectivity index (χ2v) is 3.99. The second-order valence-electron chi connectivity index (χ2n) is 3.99. The third-order valence-corrected chi connectivity index (χ3v) is 2.59. The van der Waals surface area contributed by atoms with E-state index in [4.69, 9.17) is 0 Å². The lowest BCUT2D eigenvalue weighted by Crippen LogP contribution is -2.09. The van der Waals surface area contributed by atoms with Crippen molar-refractivity contribution >= 4 is 5.95 Å². The Morgan fingerprint density at radius 1 is 1.24 bits per heavy atom. The number of anilines is 1. The van der Waals surface area contributed by atoms with Crippen molar-refractivity contribution in [1.29, 1.82) is 0 Å². The summed E-state index contributed by atoms with van der Waals surface area (Å²) < 4.78 is 4.11. The van der Waals surface area contributed by atoms with Crippen molar-refractivity contribution in [3.8, 4) is 0 Å². The molecule has 0 fully saturated rings. The molecule has 0 aliphatic carbocycles. The highest BCUT2D eigenvalue weighted by Crippen LogP contribution is 2.05. The monoisotopic (exact) mass is 233 g/mol. The van der Waals surface area contributed by atoms with E-state index in [1.807, 2.05) is 35.5 Å². The van der Waals surface area contributed by atoms with Crippen molar-refractivity contribution in [3.63, 3.8) is 0 Å². The fraction of sp³-hybridized carbons (Fsp3) is 0.500. The number of nitrogens with one attached hydrogen (secondary N) is 1. The summed E-state index contributed by atoms with van der Waals surface area (Å²) in [5, 5.41) is 7.50. The summed E-state index contributed by atoms with van der Waals surface area (Å²) in [5.41, 5.74) is 0. The molecule has 2 aromatic heterocycles. The van der Waals surface area contributed by atoms with Crippen LogP contribution in [-0.4, -0.2) is 25.9 Å². The summed E-state index contributed by atoms with van der Waals surface area (Å²) in [5.74, 6) is 0.965. The van der Waals surface area contributed by atoms with Crippen LogP contribution in [0.25, 0.3) is 0 Å². The second kappa shape index (κ2) is 6.08. The van der Waals surface area contributed by atoms with Gasteiger partial charge in [0.25, 0.3) is 0 Å².